The zero-order valence-electron chi connectivity index (χ0n) is 11.8. The Morgan fingerprint density at radius 1 is 1.27 bits per heavy atom. The topological polar surface area (TPSA) is 47.0 Å². The Morgan fingerprint density at radius 2 is 2.00 bits per heavy atom. The second-order valence-corrected chi connectivity index (χ2v) is 5.52. The largest absolute Gasteiger partial charge is 0.462 e. The van der Waals surface area contributed by atoms with E-state index in [1.807, 2.05) is 34.9 Å². The molecule has 0 radical (unpaired) electrons. The van der Waals surface area contributed by atoms with Crippen molar-refractivity contribution in [3.63, 3.8) is 0 Å². The van der Waals surface area contributed by atoms with Gasteiger partial charge < -0.3 is 9.72 Å². The third-order valence-corrected chi connectivity index (χ3v) is 3.80. The number of H-pyrrole nitrogens is 1. The molecule has 0 saturated carbocycles. The van der Waals surface area contributed by atoms with Crippen LogP contribution < -0.4 is 0 Å². The number of aromatic nitrogens is 2. The second-order valence-electron chi connectivity index (χ2n) is 4.69. The number of imidazole rings is 1. The van der Waals surface area contributed by atoms with E-state index in [0.29, 0.717) is 22.0 Å². The molecular formula is C16H13ClN2O2S. The lowest BCUT2D eigenvalue weighted by molar-refractivity contribution is 0.0526. The zero-order valence-corrected chi connectivity index (χ0v) is 13.4. The summed E-state index contributed by atoms with van der Waals surface area (Å²) < 4.78 is 7.43. The average molecular weight is 333 g/mol. The Kier molecular flexibility index (Phi) is 4.00. The van der Waals surface area contributed by atoms with Crippen molar-refractivity contribution in [2.24, 2.45) is 0 Å². The number of carbonyl (C=O) groups excluding carboxylic acids is 1. The lowest BCUT2D eigenvalue weighted by Gasteiger charge is -2.06. The summed E-state index contributed by atoms with van der Waals surface area (Å²) in [6.07, 6.45) is 0. The first-order chi connectivity index (χ1) is 10.6. The number of aromatic amines is 1. The van der Waals surface area contributed by atoms with Gasteiger partial charge in [-0.25, -0.2) is 4.79 Å². The van der Waals surface area contributed by atoms with Gasteiger partial charge in [0.25, 0.3) is 0 Å². The summed E-state index contributed by atoms with van der Waals surface area (Å²) >= 11 is 11.4. The van der Waals surface area contributed by atoms with Crippen LogP contribution in [0.5, 0.6) is 0 Å². The number of hydrogen-bond acceptors (Lipinski definition) is 3. The molecule has 0 amide bonds. The summed E-state index contributed by atoms with van der Waals surface area (Å²) in [5, 5.41) is 0.637. The van der Waals surface area contributed by atoms with Gasteiger partial charge >= 0.3 is 5.97 Å². The maximum absolute atomic E-state index is 11.7. The van der Waals surface area contributed by atoms with E-state index in [0.717, 1.165) is 16.7 Å². The molecule has 4 nitrogen and oxygen atoms in total. The minimum Gasteiger partial charge on any atom is -0.462 e. The predicted molar refractivity (Wildman–Crippen MR) is 89.4 cm³/mol. The molecule has 0 spiro atoms. The van der Waals surface area contributed by atoms with E-state index in [2.05, 4.69) is 4.98 Å². The molecular weight excluding hydrogens is 320 g/mol. The maximum atomic E-state index is 11.7. The van der Waals surface area contributed by atoms with Crippen LogP contribution in [0.3, 0.4) is 0 Å². The number of nitrogens with zero attached hydrogens (tertiary/aromatic N) is 1. The molecule has 0 unspecified atom stereocenters. The van der Waals surface area contributed by atoms with E-state index < -0.39 is 0 Å². The molecule has 3 aromatic rings. The number of hydrogen-bond donors (Lipinski definition) is 1. The maximum Gasteiger partial charge on any atom is 0.338 e. The summed E-state index contributed by atoms with van der Waals surface area (Å²) in [7, 11) is 0. The molecule has 0 saturated heterocycles. The fraction of sp³-hybridized carbons (Fsp3) is 0.125. The fourth-order valence-corrected chi connectivity index (χ4v) is 2.77. The third kappa shape index (κ3) is 2.65. The minimum absolute atomic E-state index is 0.334. The Balaban J connectivity index is 2.08. The number of fused-ring (bicyclic) bond motifs is 1. The van der Waals surface area contributed by atoms with Gasteiger partial charge in [0.2, 0.25) is 0 Å². The van der Waals surface area contributed by atoms with Crippen LogP contribution in [-0.2, 0) is 4.74 Å². The van der Waals surface area contributed by atoms with Crippen LogP contribution in [0.2, 0.25) is 5.02 Å². The van der Waals surface area contributed by atoms with E-state index in [1.54, 1.807) is 19.1 Å². The van der Waals surface area contributed by atoms with E-state index in [1.165, 1.54) is 0 Å². The Labute approximate surface area is 137 Å². The first kappa shape index (κ1) is 14.8. The molecule has 1 heterocycles. The fourth-order valence-electron chi connectivity index (χ4n) is 2.29. The molecule has 0 aliphatic rings. The van der Waals surface area contributed by atoms with Crippen molar-refractivity contribution in [1.29, 1.82) is 0 Å². The van der Waals surface area contributed by atoms with Crippen molar-refractivity contribution < 1.29 is 9.53 Å². The van der Waals surface area contributed by atoms with E-state index in [9.17, 15) is 4.79 Å². The summed E-state index contributed by atoms with van der Waals surface area (Å²) in [6.45, 7) is 2.13. The Morgan fingerprint density at radius 3 is 2.68 bits per heavy atom. The minimum atomic E-state index is -0.334. The van der Waals surface area contributed by atoms with Gasteiger partial charge in [-0.15, -0.1) is 0 Å². The van der Waals surface area contributed by atoms with Gasteiger partial charge in [0.05, 0.1) is 23.2 Å². The highest BCUT2D eigenvalue weighted by molar-refractivity contribution is 7.71. The Hall–Kier alpha value is -2.11. The van der Waals surface area contributed by atoms with Gasteiger partial charge in [0.15, 0.2) is 4.77 Å². The van der Waals surface area contributed by atoms with E-state index in [4.69, 9.17) is 28.6 Å². The molecule has 0 aliphatic carbocycles. The smallest absolute Gasteiger partial charge is 0.338 e. The number of rotatable bonds is 3. The van der Waals surface area contributed by atoms with Gasteiger partial charge in [-0.2, -0.15) is 0 Å². The summed E-state index contributed by atoms with van der Waals surface area (Å²) in [4.78, 5) is 14.8. The summed E-state index contributed by atoms with van der Waals surface area (Å²) in [5.41, 5.74) is 3.16. The highest BCUT2D eigenvalue weighted by Gasteiger charge is 2.09. The molecule has 0 fully saturated rings. The number of benzene rings is 2. The van der Waals surface area contributed by atoms with Gasteiger partial charge in [-0.3, -0.25) is 4.57 Å². The second kappa shape index (κ2) is 5.94. The molecule has 6 heteroatoms. The van der Waals surface area contributed by atoms with Crippen LogP contribution in [0.25, 0.3) is 16.7 Å². The van der Waals surface area contributed by atoms with Crippen LogP contribution in [0, 0.1) is 4.77 Å². The van der Waals surface area contributed by atoms with E-state index in [-0.39, 0.29) is 5.97 Å². The number of esters is 1. The van der Waals surface area contributed by atoms with Crippen molar-refractivity contribution in [3.05, 3.63) is 57.8 Å². The van der Waals surface area contributed by atoms with Crippen molar-refractivity contribution in [2.45, 2.75) is 6.92 Å². The number of ether oxygens (including phenoxy) is 1. The van der Waals surface area contributed by atoms with Crippen LogP contribution in [0.1, 0.15) is 17.3 Å². The van der Waals surface area contributed by atoms with E-state index >= 15 is 0 Å². The van der Waals surface area contributed by atoms with Gasteiger partial charge in [-0.05, 0) is 61.6 Å². The molecule has 1 aromatic heterocycles. The molecule has 0 aliphatic heterocycles. The predicted octanol–water partition coefficient (Wildman–Crippen LogP) is 4.52. The lowest BCUT2D eigenvalue weighted by Crippen LogP contribution is -2.04. The number of halogens is 1. The molecule has 22 heavy (non-hydrogen) atoms. The molecule has 112 valence electrons. The zero-order chi connectivity index (χ0) is 15.7. The average Bonchev–Trinajstić information content (AvgIpc) is 2.83. The van der Waals surface area contributed by atoms with Gasteiger partial charge in [0, 0.05) is 10.7 Å². The highest BCUT2D eigenvalue weighted by Crippen LogP contribution is 2.23. The quantitative estimate of drug-likeness (QED) is 0.566. The normalized spacial score (nSPS) is 10.8. The van der Waals surface area contributed by atoms with Gasteiger partial charge in [-0.1, -0.05) is 11.6 Å². The molecule has 1 N–H and O–H groups in total. The standard InChI is InChI=1S/C16H13ClN2O2S/c1-2-21-15(20)10-3-6-12(7-4-10)19-14-9-11(17)5-8-13(14)18-16(19)22/h3-9H,2H2,1H3,(H,18,22). The van der Waals surface area contributed by atoms with Crippen molar-refractivity contribution in [2.75, 3.05) is 6.61 Å². The number of carbonyl (C=O) groups is 1. The highest BCUT2D eigenvalue weighted by atomic mass is 35.5. The summed E-state index contributed by atoms with van der Waals surface area (Å²) in [5.74, 6) is -0.334. The lowest BCUT2D eigenvalue weighted by atomic mass is 10.2. The number of nitrogens with one attached hydrogen (secondary N) is 1. The van der Waals surface area contributed by atoms with Crippen LogP contribution in [0.4, 0.5) is 0 Å². The first-order valence-corrected chi connectivity index (χ1v) is 7.56. The van der Waals surface area contributed by atoms with Crippen LogP contribution >= 0.6 is 23.8 Å². The Bertz CT molecular complexity index is 897. The SMILES string of the molecule is CCOC(=O)c1ccc(-n2c(=S)[nH]c3ccc(Cl)cc32)cc1. The summed E-state index contributed by atoms with van der Waals surface area (Å²) in [6, 6.07) is 12.6. The molecule has 3 rings (SSSR count). The molecule has 0 bridgehead atoms. The van der Waals surface area contributed by atoms with Crippen molar-refractivity contribution in [1.82, 2.24) is 9.55 Å². The molecule has 0 atom stereocenters. The van der Waals surface area contributed by atoms with Crippen LogP contribution in [-0.4, -0.2) is 22.1 Å². The van der Waals surface area contributed by atoms with Crippen molar-refractivity contribution in [3.8, 4) is 5.69 Å². The van der Waals surface area contributed by atoms with Crippen molar-refractivity contribution >= 4 is 40.8 Å². The van der Waals surface area contributed by atoms with Gasteiger partial charge in [0.1, 0.15) is 0 Å². The third-order valence-electron chi connectivity index (χ3n) is 3.28. The molecule has 2 aromatic carbocycles. The van der Waals surface area contributed by atoms with Crippen LogP contribution in [0.15, 0.2) is 42.5 Å². The first-order valence-electron chi connectivity index (χ1n) is 6.78. The monoisotopic (exact) mass is 332 g/mol.